The fourth-order valence-corrected chi connectivity index (χ4v) is 1.54. The molecule has 0 saturated carbocycles. The summed E-state index contributed by atoms with van der Waals surface area (Å²) >= 11 is 0. The van der Waals surface area contributed by atoms with E-state index < -0.39 is 6.03 Å². The van der Waals surface area contributed by atoms with Crippen LogP contribution in [0.25, 0.3) is 5.65 Å². The Bertz CT molecular complexity index is 568. The normalized spacial score (nSPS) is 11.7. The minimum absolute atomic E-state index is 0.0832. The Labute approximate surface area is 98.1 Å². The second-order valence-electron chi connectivity index (χ2n) is 4.73. The zero-order valence-electron chi connectivity index (χ0n) is 9.93. The fraction of sp³-hybridized carbons (Fsp3) is 0.400. The van der Waals surface area contributed by atoms with E-state index in [1.807, 2.05) is 0 Å². The lowest BCUT2D eigenvalue weighted by Gasteiger charge is -2.15. The van der Waals surface area contributed by atoms with E-state index in [4.69, 9.17) is 5.73 Å². The van der Waals surface area contributed by atoms with Crippen LogP contribution in [0.15, 0.2) is 12.5 Å². The first kappa shape index (κ1) is 11.3. The van der Waals surface area contributed by atoms with Crippen molar-refractivity contribution in [2.24, 2.45) is 5.73 Å². The number of rotatable bonds is 1. The number of urea groups is 1. The molecule has 90 valence electrons. The SMILES string of the molecule is CC(C)(C)c1cnn2c(NC(N)=O)ncnc12. The van der Waals surface area contributed by atoms with Gasteiger partial charge in [0.05, 0.1) is 6.20 Å². The van der Waals surface area contributed by atoms with Crippen molar-refractivity contribution < 1.29 is 4.79 Å². The highest BCUT2D eigenvalue weighted by Gasteiger charge is 2.21. The molecular weight excluding hydrogens is 220 g/mol. The van der Waals surface area contributed by atoms with E-state index in [2.05, 4.69) is 41.2 Å². The molecule has 0 aliphatic heterocycles. The van der Waals surface area contributed by atoms with Gasteiger partial charge >= 0.3 is 6.03 Å². The Morgan fingerprint density at radius 2 is 2.12 bits per heavy atom. The van der Waals surface area contributed by atoms with Crippen molar-refractivity contribution in [3.8, 4) is 0 Å². The summed E-state index contributed by atoms with van der Waals surface area (Å²) < 4.78 is 1.46. The van der Waals surface area contributed by atoms with Gasteiger partial charge in [0.15, 0.2) is 5.65 Å². The maximum absolute atomic E-state index is 10.8. The number of amides is 2. The Morgan fingerprint density at radius 3 is 2.71 bits per heavy atom. The predicted octanol–water partition coefficient (Wildman–Crippen LogP) is 0.912. The van der Waals surface area contributed by atoms with Gasteiger partial charge in [0.2, 0.25) is 5.95 Å². The molecule has 0 saturated heterocycles. The van der Waals surface area contributed by atoms with Gasteiger partial charge in [-0.2, -0.15) is 9.61 Å². The van der Waals surface area contributed by atoms with Gasteiger partial charge < -0.3 is 5.73 Å². The van der Waals surface area contributed by atoms with Gasteiger partial charge in [0.25, 0.3) is 0 Å². The molecule has 7 heteroatoms. The van der Waals surface area contributed by atoms with Gasteiger partial charge in [-0.3, -0.25) is 5.32 Å². The minimum Gasteiger partial charge on any atom is -0.351 e. The summed E-state index contributed by atoms with van der Waals surface area (Å²) in [5.41, 5.74) is 6.62. The number of hydrogen-bond acceptors (Lipinski definition) is 4. The van der Waals surface area contributed by atoms with Crippen LogP contribution in [0.2, 0.25) is 0 Å². The molecule has 2 amide bonds. The summed E-state index contributed by atoms with van der Waals surface area (Å²) in [6.07, 6.45) is 3.09. The molecule has 7 nitrogen and oxygen atoms in total. The number of nitrogens with zero attached hydrogens (tertiary/aromatic N) is 4. The van der Waals surface area contributed by atoms with Crippen molar-refractivity contribution in [2.45, 2.75) is 26.2 Å². The molecule has 0 spiro atoms. The summed E-state index contributed by atoms with van der Waals surface area (Å²) in [6, 6.07) is -0.683. The average molecular weight is 234 g/mol. The Morgan fingerprint density at radius 1 is 1.41 bits per heavy atom. The van der Waals surface area contributed by atoms with E-state index in [0.29, 0.717) is 5.65 Å². The van der Waals surface area contributed by atoms with Crippen LogP contribution in [-0.4, -0.2) is 25.6 Å². The topological polar surface area (TPSA) is 98.2 Å². The third-order valence-corrected chi connectivity index (χ3v) is 2.35. The van der Waals surface area contributed by atoms with E-state index in [0.717, 1.165) is 5.56 Å². The predicted molar refractivity (Wildman–Crippen MR) is 62.7 cm³/mol. The Balaban J connectivity index is 2.61. The lowest BCUT2D eigenvalue weighted by Crippen LogP contribution is -2.22. The number of primary amides is 1. The van der Waals surface area contributed by atoms with Crippen LogP contribution in [0, 0.1) is 0 Å². The van der Waals surface area contributed by atoms with E-state index in [1.54, 1.807) is 6.20 Å². The lowest BCUT2D eigenvalue weighted by molar-refractivity contribution is 0.259. The molecule has 0 radical (unpaired) electrons. The summed E-state index contributed by atoms with van der Waals surface area (Å²) in [5, 5.41) is 6.56. The molecule has 0 aliphatic rings. The van der Waals surface area contributed by atoms with Crippen LogP contribution in [-0.2, 0) is 5.41 Å². The molecule has 0 atom stereocenters. The molecular formula is C10H14N6O. The molecule has 2 rings (SSSR count). The number of carbonyl (C=O) groups is 1. The largest absolute Gasteiger partial charge is 0.351 e. The zero-order valence-corrected chi connectivity index (χ0v) is 9.93. The van der Waals surface area contributed by atoms with Gasteiger partial charge in [0.1, 0.15) is 6.33 Å². The van der Waals surface area contributed by atoms with Crippen LogP contribution >= 0.6 is 0 Å². The summed E-state index contributed by atoms with van der Waals surface area (Å²) in [6.45, 7) is 6.19. The average Bonchev–Trinajstić information content (AvgIpc) is 2.60. The standard InChI is InChI=1S/C10H14N6O/c1-10(2,3)6-4-14-16-7(6)12-5-13-9(16)15-8(11)17/h4-5H,1-3H3,(H3,11,12,13,15,17). The number of hydrogen-bond donors (Lipinski definition) is 2. The van der Waals surface area contributed by atoms with Gasteiger partial charge in [-0.1, -0.05) is 20.8 Å². The van der Waals surface area contributed by atoms with E-state index in [9.17, 15) is 4.79 Å². The van der Waals surface area contributed by atoms with Crippen LogP contribution < -0.4 is 11.1 Å². The summed E-state index contributed by atoms with van der Waals surface area (Å²) in [5.74, 6) is 0.262. The van der Waals surface area contributed by atoms with Gasteiger partial charge in [-0.05, 0) is 5.41 Å². The number of anilines is 1. The molecule has 2 aromatic rings. The highest BCUT2D eigenvalue weighted by molar-refractivity contribution is 5.86. The van der Waals surface area contributed by atoms with Crippen LogP contribution in [0.5, 0.6) is 0 Å². The van der Waals surface area contributed by atoms with Crippen molar-refractivity contribution >= 4 is 17.6 Å². The smallest absolute Gasteiger partial charge is 0.319 e. The van der Waals surface area contributed by atoms with Crippen LogP contribution in [0.4, 0.5) is 10.7 Å². The summed E-state index contributed by atoms with van der Waals surface area (Å²) in [7, 11) is 0. The first-order valence-corrected chi connectivity index (χ1v) is 5.15. The molecule has 3 N–H and O–H groups in total. The second-order valence-corrected chi connectivity index (χ2v) is 4.73. The molecule has 17 heavy (non-hydrogen) atoms. The second kappa shape index (κ2) is 3.69. The molecule has 0 unspecified atom stereocenters. The van der Waals surface area contributed by atoms with Crippen molar-refractivity contribution in [2.75, 3.05) is 5.32 Å². The van der Waals surface area contributed by atoms with Crippen LogP contribution in [0.1, 0.15) is 26.3 Å². The van der Waals surface area contributed by atoms with E-state index in [-0.39, 0.29) is 11.4 Å². The van der Waals surface area contributed by atoms with Crippen molar-refractivity contribution in [1.82, 2.24) is 19.6 Å². The first-order valence-electron chi connectivity index (χ1n) is 5.15. The van der Waals surface area contributed by atoms with Gasteiger partial charge in [-0.25, -0.2) is 14.8 Å². The third kappa shape index (κ3) is 2.03. The van der Waals surface area contributed by atoms with Crippen molar-refractivity contribution in [3.63, 3.8) is 0 Å². The third-order valence-electron chi connectivity index (χ3n) is 2.35. The zero-order chi connectivity index (χ0) is 12.6. The molecule has 2 aromatic heterocycles. The summed E-state index contributed by atoms with van der Waals surface area (Å²) in [4.78, 5) is 18.9. The van der Waals surface area contributed by atoms with Crippen molar-refractivity contribution in [3.05, 3.63) is 18.1 Å². The maximum atomic E-state index is 10.8. The first-order chi connectivity index (χ1) is 7.89. The number of aromatic nitrogens is 4. The number of nitrogens with two attached hydrogens (primary N) is 1. The monoisotopic (exact) mass is 234 g/mol. The number of fused-ring (bicyclic) bond motifs is 1. The quantitative estimate of drug-likeness (QED) is 0.766. The molecule has 0 fully saturated rings. The minimum atomic E-state index is -0.683. The number of nitrogens with one attached hydrogen (secondary N) is 1. The number of carbonyl (C=O) groups excluding carboxylic acids is 1. The van der Waals surface area contributed by atoms with Gasteiger partial charge in [0, 0.05) is 5.56 Å². The van der Waals surface area contributed by atoms with Crippen LogP contribution in [0.3, 0.4) is 0 Å². The van der Waals surface area contributed by atoms with Crippen molar-refractivity contribution in [1.29, 1.82) is 0 Å². The maximum Gasteiger partial charge on any atom is 0.319 e. The van der Waals surface area contributed by atoms with E-state index >= 15 is 0 Å². The lowest BCUT2D eigenvalue weighted by atomic mass is 9.89. The fourth-order valence-electron chi connectivity index (χ4n) is 1.54. The Kier molecular flexibility index (Phi) is 2.45. The van der Waals surface area contributed by atoms with E-state index in [1.165, 1.54) is 10.8 Å². The Hall–Kier alpha value is -2.18. The molecule has 0 aliphatic carbocycles. The molecule has 2 heterocycles. The molecule has 0 aromatic carbocycles. The highest BCUT2D eigenvalue weighted by Crippen LogP contribution is 2.25. The molecule has 0 bridgehead atoms. The van der Waals surface area contributed by atoms with Gasteiger partial charge in [-0.15, -0.1) is 0 Å². The highest BCUT2D eigenvalue weighted by atomic mass is 16.2.